The van der Waals surface area contributed by atoms with Gasteiger partial charge in [-0.05, 0) is 96.1 Å². The molecule has 0 radical (unpaired) electrons. The Morgan fingerprint density at radius 1 is 1.11 bits per heavy atom. The van der Waals surface area contributed by atoms with Crippen LogP contribution in [0.3, 0.4) is 0 Å². The van der Waals surface area contributed by atoms with E-state index in [1.165, 1.54) is 4.80 Å². The zero-order valence-electron chi connectivity index (χ0n) is 19.1. The number of fused-ring (bicyclic) bond motifs is 1. The average Bonchev–Trinajstić information content (AvgIpc) is 3.23. The molecule has 0 atom stereocenters. The molecule has 1 amide bonds. The lowest BCUT2D eigenvalue weighted by Gasteiger charge is -2.12. The van der Waals surface area contributed by atoms with Gasteiger partial charge in [-0.1, -0.05) is 11.6 Å². The molecule has 0 saturated heterocycles. The second-order valence-electron chi connectivity index (χ2n) is 7.45. The Bertz CT molecular complexity index is 1440. The first kappa shape index (κ1) is 24.9. The first-order chi connectivity index (χ1) is 16.8. The van der Waals surface area contributed by atoms with E-state index in [2.05, 4.69) is 36.8 Å². The predicted molar refractivity (Wildman–Crippen MR) is 144 cm³/mol. The SMILES string of the molecule is CCOc1ccc(C(=O)NC(=S)Nc2cc3nn(-c4ccc(OC)c(Cl)c4)nc3cc2C)cc1Br. The van der Waals surface area contributed by atoms with Crippen molar-refractivity contribution in [3.63, 3.8) is 0 Å². The molecule has 1 heterocycles. The molecule has 0 aliphatic heterocycles. The summed E-state index contributed by atoms with van der Waals surface area (Å²) < 4.78 is 11.4. The number of thiocarbonyl (C=S) groups is 1. The molecule has 0 saturated carbocycles. The van der Waals surface area contributed by atoms with Crippen LogP contribution >= 0.6 is 39.7 Å². The molecule has 11 heteroatoms. The highest BCUT2D eigenvalue weighted by Gasteiger charge is 2.14. The van der Waals surface area contributed by atoms with E-state index < -0.39 is 0 Å². The lowest BCUT2D eigenvalue weighted by molar-refractivity contribution is 0.0977. The number of hydrogen-bond acceptors (Lipinski definition) is 6. The van der Waals surface area contributed by atoms with Crippen LogP contribution in [0.25, 0.3) is 16.7 Å². The molecular formula is C24H21BrClN5O3S. The van der Waals surface area contributed by atoms with Gasteiger partial charge in [-0.25, -0.2) is 0 Å². The summed E-state index contributed by atoms with van der Waals surface area (Å²) in [4.78, 5) is 14.2. The second-order valence-corrected chi connectivity index (χ2v) is 9.12. The van der Waals surface area contributed by atoms with Crippen molar-refractivity contribution in [2.24, 2.45) is 0 Å². The van der Waals surface area contributed by atoms with Crippen molar-refractivity contribution in [1.29, 1.82) is 0 Å². The third-order valence-electron chi connectivity index (χ3n) is 5.06. The molecule has 4 rings (SSSR count). The van der Waals surface area contributed by atoms with E-state index in [9.17, 15) is 4.79 Å². The highest BCUT2D eigenvalue weighted by Crippen LogP contribution is 2.28. The number of aromatic nitrogens is 3. The summed E-state index contributed by atoms with van der Waals surface area (Å²) in [6, 6.07) is 14.1. The number of carbonyl (C=O) groups excluding carboxylic acids is 1. The zero-order valence-corrected chi connectivity index (χ0v) is 22.2. The van der Waals surface area contributed by atoms with Crippen molar-refractivity contribution < 1.29 is 14.3 Å². The van der Waals surface area contributed by atoms with Crippen LogP contribution in [0.5, 0.6) is 11.5 Å². The van der Waals surface area contributed by atoms with Gasteiger partial charge in [-0.3, -0.25) is 10.1 Å². The van der Waals surface area contributed by atoms with Gasteiger partial charge in [0.05, 0.1) is 28.9 Å². The van der Waals surface area contributed by atoms with Gasteiger partial charge >= 0.3 is 0 Å². The quantitative estimate of drug-likeness (QED) is 0.286. The van der Waals surface area contributed by atoms with Crippen molar-refractivity contribution in [3.05, 3.63) is 69.2 Å². The molecule has 4 aromatic rings. The number of hydrogen-bond donors (Lipinski definition) is 2. The number of aryl methyl sites for hydroxylation is 1. The van der Waals surface area contributed by atoms with Crippen LogP contribution in [-0.4, -0.2) is 39.7 Å². The van der Waals surface area contributed by atoms with Crippen molar-refractivity contribution in [3.8, 4) is 17.2 Å². The molecule has 8 nitrogen and oxygen atoms in total. The third-order valence-corrected chi connectivity index (χ3v) is 6.18. The Hall–Kier alpha value is -3.21. The summed E-state index contributed by atoms with van der Waals surface area (Å²) >= 11 is 15.0. The Morgan fingerprint density at radius 3 is 2.49 bits per heavy atom. The van der Waals surface area contributed by atoms with Crippen molar-refractivity contribution in [1.82, 2.24) is 20.3 Å². The van der Waals surface area contributed by atoms with Gasteiger partial charge in [0.15, 0.2) is 5.11 Å². The third kappa shape index (κ3) is 5.55. The smallest absolute Gasteiger partial charge is 0.257 e. The van der Waals surface area contributed by atoms with Crippen LogP contribution in [0.2, 0.25) is 5.02 Å². The molecule has 180 valence electrons. The maximum Gasteiger partial charge on any atom is 0.257 e. The lowest BCUT2D eigenvalue weighted by atomic mass is 10.2. The van der Waals surface area contributed by atoms with Crippen LogP contribution in [0.1, 0.15) is 22.8 Å². The fraction of sp³-hybridized carbons (Fsp3) is 0.167. The van der Waals surface area contributed by atoms with E-state index in [0.29, 0.717) is 55.6 Å². The topological polar surface area (TPSA) is 90.3 Å². The van der Waals surface area contributed by atoms with E-state index in [-0.39, 0.29) is 11.0 Å². The van der Waals surface area contributed by atoms with Gasteiger partial charge in [0.25, 0.3) is 5.91 Å². The number of benzene rings is 3. The monoisotopic (exact) mass is 573 g/mol. The van der Waals surface area contributed by atoms with Crippen LogP contribution in [0.15, 0.2) is 53.0 Å². The van der Waals surface area contributed by atoms with E-state index >= 15 is 0 Å². The summed E-state index contributed by atoms with van der Waals surface area (Å²) in [6.45, 7) is 4.34. The summed E-state index contributed by atoms with van der Waals surface area (Å²) in [5, 5.41) is 15.5. The normalized spacial score (nSPS) is 10.8. The summed E-state index contributed by atoms with van der Waals surface area (Å²) in [7, 11) is 1.56. The highest BCUT2D eigenvalue weighted by atomic mass is 79.9. The van der Waals surface area contributed by atoms with Gasteiger partial charge in [-0.15, -0.1) is 10.2 Å². The molecule has 0 spiro atoms. The molecule has 0 bridgehead atoms. The van der Waals surface area contributed by atoms with Gasteiger partial charge in [0, 0.05) is 11.3 Å². The fourth-order valence-corrected chi connectivity index (χ4v) is 4.29. The number of rotatable bonds is 6. The molecule has 0 fully saturated rings. The van der Waals surface area contributed by atoms with Crippen LogP contribution < -0.4 is 20.1 Å². The average molecular weight is 575 g/mol. The largest absolute Gasteiger partial charge is 0.495 e. The van der Waals surface area contributed by atoms with Crippen molar-refractivity contribution in [2.45, 2.75) is 13.8 Å². The molecule has 0 unspecified atom stereocenters. The molecule has 3 aromatic carbocycles. The summed E-state index contributed by atoms with van der Waals surface area (Å²) in [6.07, 6.45) is 0. The number of anilines is 1. The minimum absolute atomic E-state index is 0.164. The first-order valence-electron chi connectivity index (χ1n) is 10.6. The zero-order chi connectivity index (χ0) is 25.1. The van der Waals surface area contributed by atoms with E-state index in [0.717, 1.165) is 5.56 Å². The molecule has 0 aliphatic rings. The lowest BCUT2D eigenvalue weighted by Crippen LogP contribution is -2.34. The van der Waals surface area contributed by atoms with Gasteiger partial charge in [0.1, 0.15) is 22.5 Å². The summed E-state index contributed by atoms with van der Waals surface area (Å²) in [5.74, 6) is 0.897. The Kier molecular flexibility index (Phi) is 7.54. The maximum atomic E-state index is 12.7. The second kappa shape index (κ2) is 10.6. The number of nitrogens with zero attached hydrogens (tertiary/aromatic N) is 3. The van der Waals surface area contributed by atoms with Gasteiger partial charge < -0.3 is 14.8 Å². The number of halogens is 2. The number of ether oxygens (including phenoxy) is 2. The van der Waals surface area contributed by atoms with Crippen LogP contribution in [0.4, 0.5) is 5.69 Å². The minimum atomic E-state index is -0.340. The van der Waals surface area contributed by atoms with Crippen LogP contribution in [0, 0.1) is 6.92 Å². The summed E-state index contributed by atoms with van der Waals surface area (Å²) in [5.41, 5.74) is 4.08. The molecular weight excluding hydrogens is 554 g/mol. The molecule has 1 aromatic heterocycles. The van der Waals surface area contributed by atoms with Crippen molar-refractivity contribution >= 4 is 67.5 Å². The minimum Gasteiger partial charge on any atom is -0.495 e. The Morgan fingerprint density at radius 2 is 1.83 bits per heavy atom. The molecule has 0 aliphatic carbocycles. The maximum absolute atomic E-state index is 12.7. The van der Waals surface area contributed by atoms with Crippen LogP contribution in [-0.2, 0) is 0 Å². The Balaban J connectivity index is 1.50. The number of methoxy groups -OCH3 is 1. The van der Waals surface area contributed by atoms with E-state index in [1.54, 1.807) is 37.4 Å². The predicted octanol–water partition coefficient (Wildman–Crippen LogP) is 5.68. The number of carbonyl (C=O) groups is 1. The van der Waals surface area contributed by atoms with Crippen molar-refractivity contribution in [2.75, 3.05) is 19.0 Å². The molecule has 2 N–H and O–H groups in total. The first-order valence-corrected chi connectivity index (χ1v) is 12.1. The standard InChI is InChI=1S/C24H21BrClN5O3S/c1-4-34-21-7-5-14(10-16(21)25)23(32)28-24(35)27-18-12-20-19(9-13(18)2)29-31(30-20)15-6-8-22(33-3)17(26)11-15/h5-12H,4H2,1-3H3,(H2,27,28,32,35). The molecule has 35 heavy (non-hydrogen) atoms. The van der Waals surface area contributed by atoms with Gasteiger partial charge in [-0.2, -0.15) is 4.80 Å². The van der Waals surface area contributed by atoms with Gasteiger partial charge in [0.2, 0.25) is 0 Å². The van der Waals surface area contributed by atoms with E-state index in [4.69, 9.17) is 33.3 Å². The Labute approximate surface area is 220 Å². The van der Waals surface area contributed by atoms with E-state index in [1.807, 2.05) is 32.0 Å². The fourth-order valence-electron chi connectivity index (χ4n) is 3.34. The number of amides is 1. The number of nitrogens with one attached hydrogen (secondary N) is 2. The highest BCUT2D eigenvalue weighted by molar-refractivity contribution is 9.10.